The largest absolute Gasteiger partial charge is 0.504 e. The summed E-state index contributed by atoms with van der Waals surface area (Å²) in [5.41, 5.74) is 0.582. The molecule has 12 N–H and O–H groups in total. The van der Waals surface area contributed by atoms with Crippen LogP contribution in [-0.2, 0) is 9.59 Å². The molecule has 12 heteroatoms. The minimum absolute atomic E-state index is 0. The first-order valence-corrected chi connectivity index (χ1v) is 7.22. The van der Waals surface area contributed by atoms with Gasteiger partial charge in [0.15, 0.2) is 23.7 Å². The third-order valence-electron chi connectivity index (χ3n) is 2.91. The first kappa shape index (κ1) is 29.3. The fraction of sp³-hybridized carbons (Fsp3) is 0.467. The predicted molar refractivity (Wildman–Crippen MR) is 92.4 cm³/mol. The molecule has 0 fully saturated rings. The van der Waals surface area contributed by atoms with Crippen LogP contribution < -0.4 is 5.32 Å². The molecule has 0 aliphatic rings. The molecule has 12 nitrogen and oxygen atoms in total. The van der Waals surface area contributed by atoms with Crippen molar-refractivity contribution < 1.29 is 56.3 Å². The van der Waals surface area contributed by atoms with Gasteiger partial charge in [0, 0.05) is 12.6 Å². The molecule has 3 atom stereocenters. The van der Waals surface area contributed by atoms with E-state index in [0.29, 0.717) is 18.2 Å². The van der Waals surface area contributed by atoms with Crippen LogP contribution in [0.5, 0.6) is 11.5 Å². The van der Waals surface area contributed by atoms with Crippen LogP contribution >= 0.6 is 0 Å². The third kappa shape index (κ3) is 11.0. The van der Waals surface area contributed by atoms with Crippen LogP contribution in [0, 0.1) is 0 Å². The lowest BCUT2D eigenvalue weighted by Crippen LogP contribution is -2.39. The first-order chi connectivity index (χ1) is 11.5. The molecule has 0 bridgehead atoms. The molecule has 0 aliphatic carbocycles. The van der Waals surface area contributed by atoms with Crippen molar-refractivity contribution in [3.8, 4) is 11.5 Å². The average Bonchev–Trinajstić information content (AvgIpc) is 2.53. The number of phenolic OH excluding ortho intramolecular Hbond substituents is 2. The van der Waals surface area contributed by atoms with Crippen molar-refractivity contribution >= 4 is 11.9 Å². The van der Waals surface area contributed by atoms with E-state index in [4.69, 9.17) is 25.5 Å². The van der Waals surface area contributed by atoms with Crippen molar-refractivity contribution in [2.24, 2.45) is 0 Å². The summed E-state index contributed by atoms with van der Waals surface area (Å²) in [6, 6.07) is 4.61. The predicted octanol–water partition coefficient (Wildman–Crippen LogP) is -2.64. The van der Waals surface area contributed by atoms with Gasteiger partial charge in [0.1, 0.15) is 0 Å². The summed E-state index contributed by atoms with van der Waals surface area (Å²) in [6.07, 6.45) is -5.21. The van der Waals surface area contributed by atoms with Gasteiger partial charge in [0.2, 0.25) is 0 Å². The number of carbonyl (C=O) groups is 2. The minimum atomic E-state index is -2.27. The van der Waals surface area contributed by atoms with Crippen LogP contribution in [0.4, 0.5) is 0 Å². The zero-order valence-electron chi connectivity index (χ0n) is 14.7. The smallest absolute Gasteiger partial charge is 0.335 e. The maximum absolute atomic E-state index is 9.77. The maximum Gasteiger partial charge on any atom is 0.335 e. The van der Waals surface area contributed by atoms with Gasteiger partial charge in [-0.05, 0) is 17.7 Å². The lowest BCUT2D eigenvalue weighted by Gasteiger charge is -2.14. The fourth-order valence-corrected chi connectivity index (χ4v) is 1.48. The van der Waals surface area contributed by atoms with Gasteiger partial charge in [-0.1, -0.05) is 19.9 Å². The first-order valence-electron chi connectivity index (χ1n) is 7.22. The van der Waals surface area contributed by atoms with Crippen molar-refractivity contribution in [3.63, 3.8) is 0 Å². The molecule has 27 heavy (non-hydrogen) atoms. The Balaban J connectivity index is -0.000000427. The summed E-state index contributed by atoms with van der Waals surface area (Å²) >= 11 is 0. The number of carboxylic acid groups (broad SMARTS) is 2. The van der Waals surface area contributed by atoms with E-state index in [2.05, 4.69) is 5.32 Å². The van der Waals surface area contributed by atoms with Crippen molar-refractivity contribution in [2.45, 2.75) is 38.2 Å². The highest BCUT2D eigenvalue weighted by molar-refractivity contribution is 5.83. The number of rotatable bonds is 7. The van der Waals surface area contributed by atoms with Crippen LogP contribution in [-0.4, -0.2) is 83.4 Å². The average molecular weight is 397 g/mol. The van der Waals surface area contributed by atoms with Crippen molar-refractivity contribution in [2.75, 3.05) is 6.54 Å². The number of aliphatic hydroxyl groups excluding tert-OH is 3. The number of nitrogens with one attached hydrogen (secondary N) is 1. The molecule has 0 amide bonds. The number of carboxylic acids is 2. The second kappa shape index (κ2) is 13.7. The van der Waals surface area contributed by atoms with Gasteiger partial charge in [0.05, 0.1) is 6.10 Å². The van der Waals surface area contributed by atoms with Crippen molar-refractivity contribution in [3.05, 3.63) is 23.8 Å². The van der Waals surface area contributed by atoms with Gasteiger partial charge in [-0.15, -0.1) is 0 Å². The monoisotopic (exact) mass is 397 g/mol. The Morgan fingerprint density at radius 2 is 1.37 bits per heavy atom. The van der Waals surface area contributed by atoms with Gasteiger partial charge in [-0.3, -0.25) is 0 Å². The van der Waals surface area contributed by atoms with Crippen LogP contribution in [0.15, 0.2) is 18.2 Å². The summed E-state index contributed by atoms with van der Waals surface area (Å²) in [5, 5.41) is 63.7. The number of aromatic hydroxyl groups is 2. The lowest BCUT2D eigenvalue weighted by molar-refractivity contribution is -0.165. The Bertz CT molecular complexity index is 561. The molecule has 1 aromatic rings. The highest BCUT2D eigenvalue weighted by atomic mass is 16.4. The quantitative estimate of drug-likeness (QED) is 0.222. The van der Waals surface area contributed by atoms with Crippen LogP contribution in [0.2, 0.25) is 0 Å². The molecule has 1 rings (SSSR count). The van der Waals surface area contributed by atoms with E-state index in [0.717, 1.165) is 0 Å². The van der Waals surface area contributed by atoms with E-state index in [1.807, 2.05) is 13.8 Å². The van der Waals surface area contributed by atoms with Crippen molar-refractivity contribution in [1.82, 2.24) is 5.32 Å². The Kier molecular flexibility index (Phi) is 14.8. The minimum Gasteiger partial charge on any atom is -0.504 e. The summed E-state index contributed by atoms with van der Waals surface area (Å²) in [5.74, 6) is -3.93. The molecule has 0 spiro atoms. The highest BCUT2D eigenvalue weighted by Crippen LogP contribution is 2.27. The summed E-state index contributed by atoms with van der Waals surface area (Å²) in [6.45, 7) is 4.39. The highest BCUT2D eigenvalue weighted by Gasteiger charge is 2.29. The molecule has 0 aliphatic heterocycles. The van der Waals surface area contributed by atoms with E-state index in [-0.39, 0.29) is 22.5 Å². The van der Waals surface area contributed by atoms with Gasteiger partial charge in [-0.25, -0.2) is 9.59 Å². The van der Waals surface area contributed by atoms with Crippen LogP contribution in [0.25, 0.3) is 0 Å². The van der Waals surface area contributed by atoms with Gasteiger partial charge < -0.3 is 52.0 Å². The molecule has 0 aromatic heterocycles. The molecular weight excluding hydrogens is 370 g/mol. The fourth-order valence-electron chi connectivity index (χ4n) is 1.48. The molecule has 158 valence electrons. The zero-order chi connectivity index (χ0) is 19.7. The van der Waals surface area contributed by atoms with Gasteiger partial charge in [0.25, 0.3) is 0 Å². The van der Waals surface area contributed by atoms with E-state index in [1.165, 1.54) is 12.1 Å². The molecule has 0 radical (unpaired) electrons. The Labute approximate surface area is 154 Å². The standard InChI is InChI=1S/C11H17NO3.C4H6O6.2H2O/c1-7(2)12-6-11(15)8-3-4-9(13)10(14)5-8;5-1(3(7)8)2(6)4(9)10;;/h3-5,7,11-15H,6H2,1-2H3;1-2,5-6H,(H,7,8)(H,9,10);2*1H2/t11-;1-,2-;;/m01../s1. The molecule has 0 unspecified atom stereocenters. The molecule has 0 heterocycles. The van der Waals surface area contributed by atoms with Crippen LogP contribution in [0.1, 0.15) is 25.5 Å². The number of hydrogen-bond acceptors (Lipinski definition) is 8. The van der Waals surface area contributed by atoms with Crippen LogP contribution in [0.3, 0.4) is 0 Å². The second-order valence-corrected chi connectivity index (χ2v) is 5.39. The van der Waals surface area contributed by atoms with E-state index in [9.17, 15) is 19.8 Å². The number of hydrogen-bond donors (Lipinski definition) is 8. The van der Waals surface area contributed by atoms with E-state index >= 15 is 0 Å². The SMILES string of the molecule is CC(C)NC[C@H](O)c1ccc(O)c(O)c1.O.O.O=C(O)[C@H](O)[C@@H](O)C(=O)O. The Morgan fingerprint density at radius 3 is 1.70 bits per heavy atom. The number of phenols is 2. The molecule has 1 aromatic carbocycles. The summed E-state index contributed by atoms with van der Waals surface area (Å²) < 4.78 is 0. The van der Waals surface area contributed by atoms with Gasteiger partial charge in [-0.2, -0.15) is 0 Å². The normalized spacial score (nSPS) is 13.1. The third-order valence-corrected chi connectivity index (χ3v) is 2.91. The molecular formula is C15H27NO11. The zero-order valence-corrected chi connectivity index (χ0v) is 14.7. The lowest BCUT2D eigenvalue weighted by atomic mass is 10.1. The number of benzene rings is 1. The maximum atomic E-state index is 9.77. The molecule has 0 saturated heterocycles. The van der Waals surface area contributed by atoms with E-state index in [1.54, 1.807) is 6.07 Å². The van der Waals surface area contributed by atoms with E-state index < -0.39 is 30.3 Å². The van der Waals surface area contributed by atoms with Crippen molar-refractivity contribution in [1.29, 1.82) is 0 Å². The van der Waals surface area contributed by atoms with Gasteiger partial charge >= 0.3 is 11.9 Å². The molecule has 0 saturated carbocycles. The Hall–Kier alpha value is -2.48. The summed E-state index contributed by atoms with van der Waals surface area (Å²) in [7, 11) is 0. The number of aliphatic carboxylic acids is 2. The Morgan fingerprint density at radius 1 is 0.926 bits per heavy atom. The summed E-state index contributed by atoms with van der Waals surface area (Å²) in [4.78, 5) is 19.5. The topological polar surface area (TPSA) is 251 Å². The number of aliphatic hydroxyl groups is 3. The second-order valence-electron chi connectivity index (χ2n) is 5.39.